The average Bonchev–Trinajstić information content (AvgIpc) is 3.00. The van der Waals surface area contributed by atoms with Gasteiger partial charge < -0.3 is 9.64 Å². The molecule has 1 aromatic carbocycles. The molecule has 0 spiro atoms. The van der Waals surface area contributed by atoms with Gasteiger partial charge in [0.05, 0.1) is 18.3 Å². The molecular formula is C17H18F3N3O2. The van der Waals surface area contributed by atoms with Crippen LogP contribution in [0.1, 0.15) is 21.6 Å². The maximum Gasteiger partial charge on any atom is 0.416 e. The second-order valence-corrected chi connectivity index (χ2v) is 5.99. The van der Waals surface area contributed by atoms with E-state index in [1.54, 1.807) is 30.3 Å². The number of aromatic nitrogens is 2. The van der Waals surface area contributed by atoms with Gasteiger partial charge in [0.15, 0.2) is 0 Å². The van der Waals surface area contributed by atoms with Crippen molar-refractivity contribution in [1.82, 2.24) is 14.7 Å². The lowest BCUT2D eigenvalue weighted by Crippen LogP contribution is -2.46. The standard InChI is InChI=1S/C17H18F3N3O2/c1-22-15(5-6-21-22)16(24)23-7-8-25-14(11-23)10-12-3-2-4-13(9-12)17(18,19)20/h2-6,9,14H,7-8,10-11H2,1H3/t14-/m1/s1. The number of morpholine rings is 1. The van der Waals surface area contributed by atoms with Crippen molar-refractivity contribution < 1.29 is 22.7 Å². The smallest absolute Gasteiger partial charge is 0.374 e. The Bertz CT molecular complexity index is 758. The molecule has 1 fully saturated rings. The van der Waals surface area contributed by atoms with Crippen LogP contribution in [0.25, 0.3) is 0 Å². The molecule has 134 valence electrons. The molecule has 1 aliphatic rings. The van der Waals surface area contributed by atoms with E-state index >= 15 is 0 Å². The molecular weight excluding hydrogens is 335 g/mol. The molecule has 3 rings (SSSR count). The molecule has 0 radical (unpaired) electrons. The predicted molar refractivity (Wildman–Crippen MR) is 84.0 cm³/mol. The van der Waals surface area contributed by atoms with Gasteiger partial charge in [0.25, 0.3) is 5.91 Å². The van der Waals surface area contributed by atoms with E-state index in [4.69, 9.17) is 4.74 Å². The highest BCUT2D eigenvalue weighted by molar-refractivity contribution is 5.92. The van der Waals surface area contributed by atoms with Crippen LogP contribution in [0, 0.1) is 0 Å². The van der Waals surface area contributed by atoms with Gasteiger partial charge in [-0.3, -0.25) is 9.48 Å². The summed E-state index contributed by atoms with van der Waals surface area (Å²) in [6.07, 6.45) is -2.84. The number of carbonyl (C=O) groups excluding carboxylic acids is 1. The van der Waals surface area contributed by atoms with Crippen LogP contribution in [0.3, 0.4) is 0 Å². The van der Waals surface area contributed by atoms with Crippen molar-refractivity contribution in [3.63, 3.8) is 0 Å². The average molecular weight is 353 g/mol. The van der Waals surface area contributed by atoms with E-state index in [0.29, 0.717) is 37.4 Å². The van der Waals surface area contributed by atoms with Gasteiger partial charge in [0, 0.05) is 32.8 Å². The van der Waals surface area contributed by atoms with Gasteiger partial charge in [-0.05, 0) is 17.7 Å². The van der Waals surface area contributed by atoms with Crippen molar-refractivity contribution >= 4 is 5.91 Å². The van der Waals surface area contributed by atoms with Gasteiger partial charge >= 0.3 is 6.18 Å². The van der Waals surface area contributed by atoms with Crippen LogP contribution in [0.5, 0.6) is 0 Å². The Balaban J connectivity index is 1.68. The number of benzene rings is 1. The minimum Gasteiger partial charge on any atom is -0.374 e. The molecule has 0 N–H and O–H groups in total. The third-order valence-corrected chi connectivity index (χ3v) is 4.18. The van der Waals surface area contributed by atoms with Crippen LogP contribution in [0.15, 0.2) is 36.5 Å². The zero-order valence-electron chi connectivity index (χ0n) is 13.7. The van der Waals surface area contributed by atoms with Crippen molar-refractivity contribution in [3.8, 4) is 0 Å². The highest BCUT2D eigenvalue weighted by Crippen LogP contribution is 2.30. The van der Waals surface area contributed by atoms with Crippen LogP contribution in [-0.4, -0.2) is 46.4 Å². The number of rotatable bonds is 3. The summed E-state index contributed by atoms with van der Waals surface area (Å²) < 4.78 is 45.6. The van der Waals surface area contributed by atoms with Gasteiger partial charge in [-0.1, -0.05) is 18.2 Å². The topological polar surface area (TPSA) is 47.4 Å². The Labute approximate surface area is 143 Å². The molecule has 2 heterocycles. The number of carbonyl (C=O) groups is 1. The second kappa shape index (κ2) is 6.87. The Hall–Kier alpha value is -2.35. The number of hydrogen-bond acceptors (Lipinski definition) is 3. The molecule has 1 aliphatic heterocycles. The van der Waals surface area contributed by atoms with Crippen molar-refractivity contribution in [2.75, 3.05) is 19.7 Å². The lowest BCUT2D eigenvalue weighted by atomic mass is 10.0. The third kappa shape index (κ3) is 4.01. The predicted octanol–water partition coefficient (Wildman–Crippen LogP) is 2.52. The summed E-state index contributed by atoms with van der Waals surface area (Å²) in [4.78, 5) is 14.2. The fourth-order valence-electron chi connectivity index (χ4n) is 2.91. The van der Waals surface area contributed by atoms with Crippen LogP contribution < -0.4 is 0 Å². The number of ether oxygens (including phenoxy) is 1. The number of amides is 1. The van der Waals surface area contributed by atoms with Gasteiger partial charge in [-0.15, -0.1) is 0 Å². The summed E-state index contributed by atoms with van der Waals surface area (Å²) in [6.45, 7) is 1.14. The van der Waals surface area contributed by atoms with Crippen molar-refractivity contribution in [1.29, 1.82) is 0 Å². The first-order valence-corrected chi connectivity index (χ1v) is 7.89. The maximum absolute atomic E-state index is 12.8. The van der Waals surface area contributed by atoms with E-state index in [-0.39, 0.29) is 12.0 Å². The van der Waals surface area contributed by atoms with Gasteiger partial charge in [-0.2, -0.15) is 18.3 Å². The number of hydrogen-bond donors (Lipinski definition) is 0. The largest absolute Gasteiger partial charge is 0.416 e. The fourth-order valence-corrected chi connectivity index (χ4v) is 2.91. The van der Waals surface area contributed by atoms with Gasteiger partial charge in [-0.25, -0.2) is 0 Å². The summed E-state index contributed by atoms with van der Waals surface area (Å²) in [7, 11) is 1.69. The van der Waals surface area contributed by atoms with E-state index in [1.165, 1.54) is 10.7 Å². The summed E-state index contributed by atoms with van der Waals surface area (Å²) in [6, 6.07) is 6.84. The van der Waals surface area contributed by atoms with Crippen molar-refractivity contribution in [2.24, 2.45) is 7.05 Å². The first kappa shape index (κ1) is 17.5. The zero-order chi connectivity index (χ0) is 18.0. The molecule has 0 saturated carbocycles. The van der Waals surface area contributed by atoms with Crippen LogP contribution >= 0.6 is 0 Å². The van der Waals surface area contributed by atoms with Crippen LogP contribution in [0.2, 0.25) is 0 Å². The molecule has 2 aromatic rings. The summed E-state index contributed by atoms with van der Waals surface area (Å²) in [5.74, 6) is -0.155. The van der Waals surface area contributed by atoms with E-state index in [0.717, 1.165) is 12.1 Å². The first-order valence-electron chi connectivity index (χ1n) is 7.89. The van der Waals surface area contributed by atoms with Crippen LogP contribution in [0.4, 0.5) is 13.2 Å². The third-order valence-electron chi connectivity index (χ3n) is 4.18. The summed E-state index contributed by atoms with van der Waals surface area (Å²) >= 11 is 0. The lowest BCUT2D eigenvalue weighted by Gasteiger charge is -2.33. The van der Waals surface area contributed by atoms with Gasteiger partial charge in [0.1, 0.15) is 5.69 Å². The number of nitrogens with zero attached hydrogens (tertiary/aromatic N) is 3. The SMILES string of the molecule is Cn1nccc1C(=O)N1CCO[C@H](Cc2cccc(C(F)(F)F)c2)C1. The minimum absolute atomic E-state index is 0.155. The summed E-state index contributed by atoms with van der Waals surface area (Å²) in [5.41, 5.74) is 0.331. The lowest BCUT2D eigenvalue weighted by molar-refractivity contribution is -0.137. The normalized spacial score (nSPS) is 18.4. The quantitative estimate of drug-likeness (QED) is 0.852. The minimum atomic E-state index is -4.37. The van der Waals surface area contributed by atoms with E-state index in [1.807, 2.05) is 0 Å². The summed E-state index contributed by atoms with van der Waals surface area (Å²) in [5, 5.41) is 3.98. The number of alkyl halides is 3. The van der Waals surface area contributed by atoms with E-state index < -0.39 is 11.7 Å². The molecule has 5 nitrogen and oxygen atoms in total. The Kier molecular flexibility index (Phi) is 4.80. The fraction of sp³-hybridized carbons (Fsp3) is 0.412. The Morgan fingerprint density at radius 3 is 2.84 bits per heavy atom. The molecule has 0 unspecified atom stereocenters. The Morgan fingerprint density at radius 1 is 1.36 bits per heavy atom. The monoisotopic (exact) mass is 353 g/mol. The maximum atomic E-state index is 12.8. The highest BCUT2D eigenvalue weighted by Gasteiger charge is 2.31. The molecule has 1 saturated heterocycles. The molecule has 8 heteroatoms. The van der Waals surface area contributed by atoms with E-state index in [9.17, 15) is 18.0 Å². The molecule has 25 heavy (non-hydrogen) atoms. The van der Waals surface area contributed by atoms with Gasteiger partial charge in [0.2, 0.25) is 0 Å². The molecule has 0 bridgehead atoms. The highest BCUT2D eigenvalue weighted by atomic mass is 19.4. The van der Waals surface area contributed by atoms with E-state index in [2.05, 4.69) is 5.10 Å². The first-order chi connectivity index (χ1) is 11.8. The second-order valence-electron chi connectivity index (χ2n) is 5.99. The molecule has 0 aliphatic carbocycles. The molecule has 1 amide bonds. The molecule has 1 atom stereocenters. The van der Waals surface area contributed by atoms with Crippen molar-refractivity contribution in [2.45, 2.75) is 18.7 Å². The Morgan fingerprint density at radius 2 is 2.16 bits per heavy atom. The number of aryl methyl sites for hydroxylation is 1. The molecule has 1 aromatic heterocycles. The van der Waals surface area contributed by atoms with Crippen molar-refractivity contribution in [3.05, 3.63) is 53.3 Å². The number of halogens is 3. The zero-order valence-corrected chi connectivity index (χ0v) is 13.7. The van der Waals surface area contributed by atoms with Crippen LogP contribution in [-0.2, 0) is 24.4 Å².